The normalized spacial score (nSPS) is 24.9. The molecule has 0 saturated heterocycles. The minimum atomic E-state index is -0.209. The number of benzene rings is 1. The van der Waals surface area contributed by atoms with Crippen molar-refractivity contribution in [3.63, 3.8) is 0 Å². The molecule has 1 saturated carbocycles. The van der Waals surface area contributed by atoms with Gasteiger partial charge in [-0.15, -0.1) is 0 Å². The minimum Gasteiger partial charge on any atom is -0.324 e. The second-order valence-electron chi connectivity index (χ2n) is 6.32. The monoisotopic (exact) mass is 278 g/mol. The Morgan fingerprint density at radius 2 is 2.10 bits per heavy atom. The summed E-state index contributed by atoms with van der Waals surface area (Å²) in [6.45, 7) is 3.28. The molecular formula is C17H27FN2. The Morgan fingerprint density at radius 1 is 1.35 bits per heavy atom. The van der Waals surface area contributed by atoms with Crippen LogP contribution in [0.2, 0.25) is 0 Å². The fraction of sp³-hybridized carbons (Fsp3) is 0.647. The summed E-state index contributed by atoms with van der Waals surface area (Å²) in [6.07, 6.45) is 6.07. The lowest BCUT2D eigenvalue weighted by Gasteiger charge is -2.34. The lowest BCUT2D eigenvalue weighted by Crippen LogP contribution is -2.37. The molecule has 0 aliphatic heterocycles. The molecule has 0 amide bonds. The van der Waals surface area contributed by atoms with Crippen molar-refractivity contribution >= 4 is 0 Å². The van der Waals surface area contributed by atoms with E-state index < -0.39 is 0 Å². The SMILES string of the molecule is CC1CCCC(N(C)CCC(N)c2ccccc2F)C1. The van der Waals surface area contributed by atoms with E-state index in [-0.39, 0.29) is 11.9 Å². The molecule has 0 spiro atoms. The number of hydrogen-bond donors (Lipinski definition) is 1. The van der Waals surface area contributed by atoms with Crippen molar-refractivity contribution in [2.45, 2.75) is 51.1 Å². The first-order valence-electron chi connectivity index (χ1n) is 7.78. The van der Waals surface area contributed by atoms with Crippen LogP contribution in [0.3, 0.4) is 0 Å². The van der Waals surface area contributed by atoms with E-state index in [2.05, 4.69) is 18.9 Å². The van der Waals surface area contributed by atoms with E-state index in [4.69, 9.17) is 5.73 Å². The van der Waals surface area contributed by atoms with Crippen LogP contribution in [0.4, 0.5) is 4.39 Å². The third kappa shape index (κ3) is 4.03. The van der Waals surface area contributed by atoms with Crippen molar-refractivity contribution in [1.29, 1.82) is 0 Å². The molecule has 2 rings (SSSR count). The Balaban J connectivity index is 1.83. The molecule has 2 nitrogen and oxygen atoms in total. The Labute approximate surface area is 122 Å². The van der Waals surface area contributed by atoms with Crippen LogP contribution in [0.15, 0.2) is 24.3 Å². The molecule has 1 aromatic rings. The molecule has 112 valence electrons. The van der Waals surface area contributed by atoms with Gasteiger partial charge in [-0.2, -0.15) is 0 Å². The van der Waals surface area contributed by atoms with Gasteiger partial charge in [-0.25, -0.2) is 4.39 Å². The van der Waals surface area contributed by atoms with Gasteiger partial charge in [0.15, 0.2) is 0 Å². The van der Waals surface area contributed by atoms with Crippen molar-refractivity contribution in [3.05, 3.63) is 35.6 Å². The summed E-state index contributed by atoms with van der Waals surface area (Å²) in [4.78, 5) is 2.41. The quantitative estimate of drug-likeness (QED) is 0.889. The first-order valence-corrected chi connectivity index (χ1v) is 7.78. The number of hydrogen-bond acceptors (Lipinski definition) is 2. The van der Waals surface area contributed by atoms with Crippen LogP contribution < -0.4 is 5.73 Å². The van der Waals surface area contributed by atoms with E-state index in [1.165, 1.54) is 31.7 Å². The number of rotatable bonds is 5. The fourth-order valence-electron chi connectivity index (χ4n) is 3.26. The molecule has 2 N–H and O–H groups in total. The topological polar surface area (TPSA) is 29.3 Å². The first-order chi connectivity index (χ1) is 9.58. The van der Waals surface area contributed by atoms with E-state index in [0.717, 1.165) is 18.9 Å². The maximum Gasteiger partial charge on any atom is 0.127 e. The van der Waals surface area contributed by atoms with E-state index >= 15 is 0 Å². The van der Waals surface area contributed by atoms with Gasteiger partial charge < -0.3 is 10.6 Å². The van der Waals surface area contributed by atoms with Crippen LogP contribution in [0, 0.1) is 11.7 Å². The van der Waals surface area contributed by atoms with Crippen molar-refractivity contribution in [1.82, 2.24) is 4.90 Å². The molecule has 3 atom stereocenters. The third-order valence-electron chi connectivity index (χ3n) is 4.63. The average molecular weight is 278 g/mol. The van der Waals surface area contributed by atoms with Crippen molar-refractivity contribution in [3.8, 4) is 0 Å². The molecule has 0 aromatic heterocycles. The van der Waals surface area contributed by atoms with Gasteiger partial charge in [0.05, 0.1) is 0 Å². The molecule has 3 heteroatoms. The van der Waals surface area contributed by atoms with Gasteiger partial charge in [0, 0.05) is 17.6 Å². The highest BCUT2D eigenvalue weighted by Crippen LogP contribution is 2.27. The number of nitrogens with zero attached hydrogens (tertiary/aromatic N) is 1. The van der Waals surface area contributed by atoms with Crippen LogP contribution in [-0.4, -0.2) is 24.5 Å². The predicted octanol–water partition coefficient (Wildman–Crippen LogP) is 3.73. The largest absolute Gasteiger partial charge is 0.324 e. The second-order valence-corrected chi connectivity index (χ2v) is 6.32. The zero-order valence-electron chi connectivity index (χ0n) is 12.7. The molecule has 0 heterocycles. The van der Waals surface area contributed by atoms with Gasteiger partial charge in [-0.3, -0.25) is 0 Å². The molecule has 1 fully saturated rings. The lowest BCUT2D eigenvalue weighted by atomic mass is 9.86. The predicted molar refractivity (Wildman–Crippen MR) is 82.0 cm³/mol. The molecule has 3 unspecified atom stereocenters. The van der Waals surface area contributed by atoms with Crippen LogP contribution in [0.5, 0.6) is 0 Å². The summed E-state index contributed by atoms with van der Waals surface area (Å²) in [6, 6.07) is 7.31. The van der Waals surface area contributed by atoms with E-state index in [0.29, 0.717) is 11.6 Å². The summed E-state index contributed by atoms with van der Waals surface area (Å²) < 4.78 is 13.7. The Morgan fingerprint density at radius 3 is 2.80 bits per heavy atom. The molecule has 0 radical (unpaired) electrons. The van der Waals surface area contributed by atoms with Crippen molar-refractivity contribution in [2.24, 2.45) is 11.7 Å². The molecule has 20 heavy (non-hydrogen) atoms. The van der Waals surface area contributed by atoms with Gasteiger partial charge in [0.25, 0.3) is 0 Å². The van der Waals surface area contributed by atoms with Gasteiger partial charge in [-0.05, 0) is 44.8 Å². The summed E-state index contributed by atoms with van der Waals surface area (Å²) in [5.74, 6) is 0.644. The second kappa shape index (κ2) is 7.19. The summed E-state index contributed by atoms with van der Waals surface area (Å²) >= 11 is 0. The Bertz CT molecular complexity index is 421. The Kier molecular flexibility index (Phi) is 5.55. The van der Waals surface area contributed by atoms with Gasteiger partial charge in [-0.1, -0.05) is 38.0 Å². The standard InChI is InChI=1S/C17H27FN2/c1-13-6-5-7-14(12-13)20(2)11-10-17(19)15-8-3-4-9-16(15)18/h3-4,8-9,13-14,17H,5-7,10-12,19H2,1-2H3. The smallest absolute Gasteiger partial charge is 0.127 e. The molecule has 1 aliphatic rings. The summed E-state index contributed by atoms with van der Waals surface area (Å²) in [5, 5.41) is 0. The first kappa shape index (κ1) is 15.5. The summed E-state index contributed by atoms with van der Waals surface area (Å²) in [5.41, 5.74) is 6.77. The molecular weight excluding hydrogens is 251 g/mol. The van der Waals surface area contributed by atoms with Crippen molar-refractivity contribution in [2.75, 3.05) is 13.6 Å². The highest BCUT2D eigenvalue weighted by atomic mass is 19.1. The zero-order valence-corrected chi connectivity index (χ0v) is 12.7. The highest BCUT2D eigenvalue weighted by molar-refractivity contribution is 5.20. The van der Waals surface area contributed by atoms with Crippen LogP contribution in [-0.2, 0) is 0 Å². The summed E-state index contributed by atoms with van der Waals surface area (Å²) in [7, 11) is 2.18. The molecule has 0 bridgehead atoms. The van der Waals surface area contributed by atoms with Gasteiger partial charge in [0.1, 0.15) is 5.82 Å². The zero-order chi connectivity index (χ0) is 14.5. The highest BCUT2D eigenvalue weighted by Gasteiger charge is 2.22. The Hall–Kier alpha value is -0.930. The van der Waals surface area contributed by atoms with Crippen LogP contribution in [0.1, 0.15) is 50.6 Å². The fourth-order valence-corrected chi connectivity index (χ4v) is 3.26. The van der Waals surface area contributed by atoms with E-state index in [1.54, 1.807) is 12.1 Å². The average Bonchev–Trinajstić information content (AvgIpc) is 2.45. The lowest BCUT2D eigenvalue weighted by molar-refractivity contribution is 0.160. The molecule has 1 aliphatic carbocycles. The van der Waals surface area contributed by atoms with Gasteiger partial charge in [0.2, 0.25) is 0 Å². The number of halogens is 1. The molecule has 1 aromatic carbocycles. The third-order valence-corrected chi connectivity index (χ3v) is 4.63. The van der Waals surface area contributed by atoms with Crippen LogP contribution in [0.25, 0.3) is 0 Å². The van der Waals surface area contributed by atoms with Crippen molar-refractivity contribution < 1.29 is 4.39 Å². The maximum absolute atomic E-state index is 13.7. The van der Waals surface area contributed by atoms with E-state index in [1.807, 2.05) is 6.07 Å². The van der Waals surface area contributed by atoms with Crippen LogP contribution >= 0.6 is 0 Å². The maximum atomic E-state index is 13.7. The number of nitrogens with two attached hydrogens (primary N) is 1. The van der Waals surface area contributed by atoms with E-state index in [9.17, 15) is 4.39 Å². The van der Waals surface area contributed by atoms with Gasteiger partial charge >= 0.3 is 0 Å². The minimum absolute atomic E-state index is 0.186.